The fourth-order valence-electron chi connectivity index (χ4n) is 2.05. The lowest BCUT2D eigenvalue weighted by molar-refractivity contribution is 0.0998. The van der Waals surface area contributed by atoms with Gasteiger partial charge in [-0.15, -0.1) is 0 Å². The maximum absolute atomic E-state index is 12.2. The van der Waals surface area contributed by atoms with Gasteiger partial charge in [-0.25, -0.2) is 0 Å². The molecule has 2 aromatic carbocycles. The van der Waals surface area contributed by atoms with E-state index in [0.717, 1.165) is 16.6 Å². The molecule has 0 aliphatic rings. The molecule has 0 unspecified atom stereocenters. The predicted octanol–water partition coefficient (Wildman–Crippen LogP) is 4.65. The van der Waals surface area contributed by atoms with Gasteiger partial charge in [0, 0.05) is 16.1 Å². The van der Waals surface area contributed by atoms with Crippen molar-refractivity contribution in [3.8, 4) is 0 Å². The molecule has 1 N–H and O–H groups in total. The quantitative estimate of drug-likeness (QED) is 0.745. The van der Waals surface area contributed by atoms with E-state index in [9.17, 15) is 4.79 Å². The topological polar surface area (TPSA) is 42.2 Å². The van der Waals surface area contributed by atoms with Gasteiger partial charge in [0.2, 0.25) is 0 Å². The zero-order chi connectivity index (χ0) is 14.1. The van der Waals surface area contributed by atoms with Crippen LogP contribution in [-0.2, 0) is 0 Å². The van der Waals surface area contributed by atoms with Crippen molar-refractivity contribution in [2.75, 3.05) is 5.32 Å². The second-order valence-corrected chi connectivity index (χ2v) is 5.00. The number of anilines is 1. The summed E-state index contributed by atoms with van der Waals surface area (Å²) in [6.07, 6.45) is 0. The molecule has 0 bridgehead atoms. The smallest absolute Gasteiger partial charge is 0.291 e. The molecule has 4 heteroatoms. The van der Waals surface area contributed by atoms with Crippen molar-refractivity contribution >= 4 is 34.2 Å². The molecule has 0 atom stereocenters. The SMILES string of the molecule is Cc1cc(Cl)ccc1NC(=O)c1cc2ccccc2o1. The van der Waals surface area contributed by atoms with Crippen LogP contribution < -0.4 is 5.32 Å². The van der Waals surface area contributed by atoms with Crippen molar-refractivity contribution in [2.45, 2.75) is 6.92 Å². The maximum atomic E-state index is 12.2. The standard InChI is InChI=1S/C16H12ClNO2/c1-10-8-12(17)6-7-13(10)18-16(19)15-9-11-4-2-3-5-14(11)20-15/h2-9H,1H3,(H,18,19). The number of benzene rings is 2. The lowest BCUT2D eigenvalue weighted by Crippen LogP contribution is -2.11. The minimum atomic E-state index is -0.272. The Balaban J connectivity index is 1.89. The Morgan fingerprint density at radius 1 is 1.15 bits per heavy atom. The minimum absolute atomic E-state index is 0.272. The molecular formula is C16H12ClNO2. The van der Waals surface area contributed by atoms with E-state index in [2.05, 4.69) is 5.32 Å². The van der Waals surface area contributed by atoms with E-state index >= 15 is 0 Å². The van der Waals surface area contributed by atoms with Crippen LogP contribution in [0.25, 0.3) is 11.0 Å². The highest BCUT2D eigenvalue weighted by Gasteiger charge is 2.13. The van der Waals surface area contributed by atoms with Gasteiger partial charge in [-0.3, -0.25) is 4.79 Å². The zero-order valence-electron chi connectivity index (χ0n) is 10.8. The number of hydrogen-bond donors (Lipinski definition) is 1. The molecule has 0 radical (unpaired) electrons. The Labute approximate surface area is 121 Å². The molecule has 1 amide bonds. The number of amides is 1. The van der Waals surface area contributed by atoms with E-state index in [1.54, 1.807) is 24.3 Å². The van der Waals surface area contributed by atoms with Gasteiger partial charge in [0.15, 0.2) is 5.76 Å². The molecular weight excluding hydrogens is 274 g/mol. The number of fused-ring (bicyclic) bond motifs is 1. The number of hydrogen-bond acceptors (Lipinski definition) is 2. The Hall–Kier alpha value is -2.26. The number of nitrogens with one attached hydrogen (secondary N) is 1. The van der Waals surface area contributed by atoms with Crippen LogP contribution in [0.1, 0.15) is 16.1 Å². The average molecular weight is 286 g/mol. The fraction of sp³-hybridized carbons (Fsp3) is 0.0625. The summed E-state index contributed by atoms with van der Waals surface area (Å²) in [4.78, 5) is 12.2. The third-order valence-electron chi connectivity index (χ3n) is 3.09. The van der Waals surface area contributed by atoms with E-state index in [-0.39, 0.29) is 5.91 Å². The molecule has 0 spiro atoms. The summed E-state index contributed by atoms with van der Waals surface area (Å²) in [7, 11) is 0. The minimum Gasteiger partial charge on any atom is -0.451 e. The van der Waals surface area contributed by atoms with Crippen LogP contribution in [0.15, 0.2) is 52.9 Å². The molecule has 0 aliphatic heterocycles. The normalized spacial score (nSPS) is 10.7. The van der Waals surface area contributed by atoms with Crippen molar-refractivity contribution in [1.82, 2.24) is 0 Å². The monoisotopic (exact) mass is 285 g/mol. The van der Waals surface area contributed by atoms with E-state index in [0.29, 0.717) is 16.4 Å². The Morgan fingerprint density at radius 3 is 2.70 bits per heavy atom. The second-order valence-electron chi connectivity index (χ2n) is 4.56. The first-order valence-corrected chi connectivity index (χ1v) is 6.57. The van der Waals surface area contributed by atoms with Gasteiger partial charge >= 0.3 is 0 Å². The zero-order valence-corrected chi connectivity index (χ0v) is 11.6. The summed E-state index contributed by atoms with van der Waals surface area (Å²) in [5.74, 6) is 0.0205. The number of carbonyl (C=O) groups is 1. The van der Waals surface area contributed by atoms with Crippen molar-refractivity contribution < 1.29 is 9.21 Å². The van der Waals surface area contributed by atoms with Crippen LogP contribution in [-0.4, -0.2) is 5.91 Å². The van der Waals surface area contributed by atoms with E-state index in [1.165, 1.54) is 0 Å². The van der Waals surface area contributed by atoms with Crippen molar-refractivity contribution in [3.63, 3.8) is 0 Å². The van der Waals surface area contributed by atoms with E-state index < -0.39 is 0 Å². The van der Waals surface area contributed by atoms with Crippen LogP contribution in [0.4, 0.5) is 5.69 Å². The van der Waals surface area contributed by atoms with Gasteiger partial charge in [0.25, 0.3) is 5.91 Å². The molecule has 1 aromatic heterocycles. The molecule has 0 saturated carbocycles. The van der Waals surface area contributed by atoms with Crippen LogP contribution in [0.2, 0.25) is 5.02 Å². The van der Waals surface area contributed by atoms with Gasteiger partial charge in [0.1, 0.15) is 5.58 Å². The Kier molecular flexibility index (Phi) is 3.20. The molecule has 3 nitrogen and oxygen atoms in total. The summed E-state index contributed by atoms with van der Waals surface area (Å²) >= 11 is 5.89. The van der Waals surface area contributed by atoms with Gasteiger partial charge in [-0.2, -0.15) is 0 Å². The first-order chi connectivity index (χ1) is 9.63. The van der Waals surface area contributed by atoms with Gasteiger partial charge in [-0.1, -0.05) is 29.8 Å². The summed E-state index contributed by atoms with van der Waals surface area (Å²) in [5.41, 5.74) is 2.33. The number of furan rings is 1. The maximum Gasteiger partial charge on any atom is 0.291 e. The van der Waals surface area contributed by atoms with Crippen molar-refractivity contribution in [2.24, 2.45) is 0 Å². The highest BCUT2D eigenvalue weighted by Crippen LogP contribution is 2.22. The molecule has 1 heterocycles. The molecule has 0 aliphatic carbocycles. The molecule has 3 rings (SSSR count). The number of para-hydroxylation sites is 1. The third-order valence-corrected chi connectivity index (χ3v) is 3.32. The average Bonchev–Trinajstić information content (AvgIpc) is 2.86. The first kappa shape index (κ1) is 12.8. The van der Waals surface area contributed by atoms with E-state index in [4.69, 9.17) is 16.0 Å². The number of aryl methyl sites for hydroxylation is 1. The fourth-order valence-corrected chi connectivity index (χ4v) is 2.27. The van der Waals surface area contributed by atoms with Gasteiger partial charge in [-0.05, 0) is 42.8 Å². The highest BCUT2D eigenvalue weighted by molar-refractivity contribution is 6.30. The second kappa shape index (κ2) is 5.02. The molecule has 0 saturated heterocycles. The van der Waals surface area contributed by atoms with Crippen molar-refractivity contribution in [1.29, 1.82) is 0 Å². The van der Waals surface area contributed by atoms with Crippen LogP contribution in [0.3, 0.4) is 0 Å². The first-order valence-electron chi connectivity index (χ1n) is 6.19. The molecule has 100 valence electrons. The summed E-state index contributed by atoms with van der Waals surface area (Å²) < 4.78 is 5.53. The Bertz CT molecular complexity index is 759. The van der Waals surface area contributed by atoms with Crippen molar-refractivity contribution in [3.05, 3.63) is 64.9 Å². The molecule has 20 heavy (non-hydrogen) atoms. The highest BCUT2D eigenvalue weighted by atomic mass is 35.5. The summed E-state index contributed by atoms with van der Waals surface area (Å²) in [5, 5.41) is 4.37. The number of carbonyl (C=O) groups excluding carboxylic acids is 1. The summed E-state index contributed by atoms with van der Waals surface area (Å²) in [6.45, 7) is 1.89. The lowest BCUT2D eigenvalue weighted by atomic mass is 10.2. The Morgan fingerprint density at radius 2 is 1.95 bits per heavy atom. The summed E-state index contributed by atoms with van der Waals surface area (Å²) in [6, 6.07) is 14.6. The predicted molar refractivity (Wildman–Crippen MR) is 80.4 cm³/mol. The van der Waals surface area contributed by atoms with E-state index in [1.807, 2.05) is 31.2 Å². The number of halogens is 1. The number of rotatable bonds is 2. The van der Waals surface area contributed by atoms with Crippen LogP contribution in [0, 0.1) is 6.92 Å². The van der Waals surface area contributed by atoms with Crippen LogP contribution >= 0.6 is 11.6 Å². The third kappa shape index (κ3) is 2.40. The van der Waals surface area contributed by atoms with Gasteiger partial charge < -0.3 is 9.73 Å². The molecule has 3 aromatic rings. The molecule has 0 fully saturated rings. The largest absolute Gasteiger partial charge is 0.451 e. The van der Waals surface area contributed by atoms with Gasteiger partial charge in [0.05, 0.1) is 0 Å². The lowest BCUT2D eigenvalue weighted by Gasteiger charge is -2.06. The van der Waals surface area contributed by atoms with Crippen LogP contribution in [0.5, 0.6) is 0 Å².